The van der Waals surface area contributed by atoms with Crippen molar-refractivity contribution in [2.45, 2.75) is 34.1 Å². The van der Waals surface area contributed by atoms with Gasteiger partial charge in [0, 0.05) is 19.7 Å². The van der Waals surface area contributed by atoms with E-state index in [4.69, 9.17) is 5.11 Å². The molecule has 0 aromatic carbocycles. The third kappa shape index (κ3) is 7.03. The first-order valence-electron chi connectivity index (χ1n) is 5.18. The van der Waals surface area contributed by atoms with E-state index < -0.39 is 0 Å². The van der Waals surface area contributed by atoms with Crippen LogP contribution in [0.25, 0.3) is 0 Å². The minimum Gasteiger partial charge on any atom is -0.396 e. The van der Waals surface area contributed by atoms with E-state index in [9.17, 15) is 0 Å². The average molecular weight is 187 g/mol. The van der Waals surface area contributed by atoms with Crippen molar-refractivity contribution in [3.63, 3.8) is 0 Å². The lowest BCUT2D eigenvalue weighted by Gasteiger charge is -2.28. The molecule has 2 nitrogen and oxygen atoms in total. The summed E-state index contributed by atoms with van der Waals surface area (Å²) in [5, 5.41) is 9.05. The molecule has 13 heavy (non-hydrogen) atoms. The Bertz CT molecular complexity index is 125. The molecule has 0 amide bonds. The highest BCUT2D eigenvalue weighted by Gasteiger charge is 2.15. The van der Waals surface area contributed by atoms with Crippen LogP contribution in [-0.4, -0.2) is 36.8 Å². The molecule has 0 bridgehead atoms. The monoisotopic (exact) mass is 187 g/mol. The van der Waals surface area contributed by atoms with Crippen LogP contribution in [-0.2, 0) is 0 Å². The van der Waals surface area contributed by atoms with Crippen molar-refractivity contribution in [3.05, 3.63) is 0 Å². The van der Waals surface area contributed by atoms with E-state index in [0.29, 0.717) is 17.9 Å². The molecule has 0 rings (SSSR count). The fourth-order valence-corrected chi connectivity index (χ4v) is 1.63. The first-order valence-corrected chi connectivity index (χ1v) is 5.18. The largest absolute Gasteiger partial charge is 0.396 e. The average Bonchev–Trinajstić information content (AvgIpc) is 1.96. The minimum absolute atomic E-state index is 0.310. The molecule has 0 aromatic rings. The minimum atomic E-state index is 0.310. The number of rotatable bonds is 5. The Hall–Kier alpha value is -0.0800. The Kier molecular flexibility index (Phi) is 5.57. The van der Waals surface area contributed by atoms with E-state index in [0.717, 1.165) is 19.5 Å². The molecular weight excluding hydrogens is 162 g/mol. The molecule has 0 fully saturated rings. The summed E-state index contributed by atoms with van der Waals surface area (Å²) in [6.07, 6.45) is 1.06. The normalized spacial score (nSPS) is 15.0. The van der Waals surface area contributed by atoms with Crippen LogP contribution in [0.15, 0.2) is 0 Å². The molecule has 1 unspecified atom stereocenters. The van der Waals surface area contributed by atoms with Crippen LogP contribution < -0.4 is 0 Å². The standard InChI is InChI=1S/C11H25NO/c1-6-10(8-13)7-12(5)9-11(2,3)4/h10,13H,6-9H2,1-5H3. The summed E-state index contributed by atoms with van der Waals surface area (Å²) in [7, 11) is 2.13. The maximum Gasteiger partial charge on any atom is 0.0471 e. The van der Waals surface area contributed by atoms with E-state index >= 15 is 0 Å². The zero-order valence-corrected chi connectivity index (χ0v) is 9.80. The van der Waals surface area contributed by atoms with Gasteiger partial charge in [0.2, 0.25) is 0 Å². The van der Waals surface area contributed by atoms with Gasteiger partial charge in [-0.3, -0.25) is 0 Å². The van der Waals surface area contributed by atoms with E-state index in [1.807, 2.05) is 0 Å². The van der Waals surface area contributed by atoms with Crippen LogP contribution >= 0.6 is 0 Å². The Morgan fingerprint density at radius 3 is 2.15 bits per heavy atom. The summed E-state index contributed by atoms with van der Waals surface area (Å²) in [5.41, 5.74) is 0.350. The number of hydrogen-bond donors (Lipinski definition) is 1. The first-order chi connectivity index (χ1) is 5.89. The Labute approximate surface area is 82.9 Å². The molecule has 0 aliphatic heterocycles. The maximum absolute atomic E-state index is 9.05. The first kappa shape index (κ1) is 12.9. The highest BCUT2D eigenvalue weighted by atomic mass is 16.3. The fourth-order valence-electron chi connectivity index (χ4n) is 1.63. The molecule has 0 aromatic heterocycles. The van der Waals surface area contributed by atoms with E-state index in [1.165, 1.54) is 0 Å². The number of aliphatic hydroxyl groups excluding tert-OH is 1. The van der Waals surface area contributed by atoms with Gasteiger partial charge in [0.15, 0.2) is 0 Å². The molecule has 0 heterocycles. The molecule has 1 N–H and O–H groups in total. The summed E-state index contributed by atoms with van der Waals surface area (Å²) in [4.78, 5) is 2.31. The lowest BCUT2D eigenvalue weighted by molar-refractivity contribution is 0.150. The van der Waals surface area contributed by atoms with Gasteiger partial charge < -0.3 is 10.0 Å². The Balaban J connectivity index is 3.79. The summed E-state index contributed by atoms with van der Waals surface area (Å²) in [6, 6.07) is 0. The second-order valence-corrected chi connectivity index (χ2v) is 5.21. The molecule has 0 spiro atoms. The third-order valence-electron chi connectivity index (χ3n) is 2.15. The van der Waals surface area contributed by atoms with Crippen LogP contribution in [0.4, 0.5) is 0 Å². The second-order valence-electron chi connectivity index (χ2n) is 5.21. The van der Waals surface area contributed by atoms with Gasteiger partial charge in [-0.25, -0.2) is 0 Å². The van der Waals surface area contributed by atoms with E-state index in [1.54, 1.807) is 0 Å². The third-order valence-corrected chi connectivity index (χ3v) is 2.15. The molecule has 0 aliphatic rings. The van der Waals surface area contributed by atoms with Gasteiger partial charge >= 0.3 is 0 Å². The van der Waals surface area contributed by atoms with Crippen molar-refractivity contribution >= 4 is 0 Å². The van der Waals surface area contributed by atoms with Crippen molar-refractivity contribution < 1.29 is 5.11 Å². The van der Waals surface area contributed by atoms with Crippen LogP contribution in [0.2, 0.25) is 0 Å². The molecule has 0 aliphatic carbocycles. The van der Waals surface area contributed by atoms with Gasteiger partial charge in [-0.2, -0.15) is 0 Å². The maximum atomic E-state index is 9.05. The number of hydrogen-bond acceptors (Lipinski definition) is 2. The predicted molar refractivity (Wildman–Crippen MR) is 57.8 cm³/mol. The van der Waals surface area contributed by atoms with Gasteiger partial charge in [-0.05, 0) is 24.8 Å². The van der Waals surface area contributed by atoms with Crippen molar-refractivity contribution in [1.82, 2.24) is 4.90 Å². The Morgan fingerprint density at radius 1 is 1.31 bits per heavy atom. The SMILES string of the molecule is CCC(CO)CN(C)CC(C)(C)C. The quantitative estimate of drug-likeness (QED) is 0.711. The zero-order valence-electron chi connectivity index (χ0n) is 9.80. The summed E-state index contributed by atoms with van der Waals surface area (Å²) in [6.45, 7) is 11.3. The molecule has 2 heteroatoms. The number of nitrogens with zero attached hydrogens (tertiary/aromatic N) is 1. The van der Waals surface area contributed by atoms with Gasteiger partial charge in [-0.1, -0.05) is 27.7 Å². The van der Waals surface area contributed by atoms with Crippen molar-refractivity contribution in [1.29, 1.82) is 0 Å². The highest BCUT2D eigenvalue weighted by Crippen LogP contribution is 2.15. The van der Waals surface area contributed by atoms with Crippen LogP contribution in [0.1, 0.15) is 34.1 Å². The van der Waals surface area contributed by atoms with Crippen LogP contribution in [0.3, 0.4) is 0 Å². The fraction of sp³-hybridized carbons (Fsp3) is 1.00. The lowest BCUT2D eigenvalue weighted by atomic mass is 9.95. The van der Waals surface area contributed by atoms with E-state index in [2.05, 4.69) is 39.6 Å². The van der Waals surface area contributed by atoms with Crippen LogP contribution in [0, 0.1) is 11.3 Å². The van der Waals surface area contributed by atoms with Crippen molar-refractivity contribution in [2.75, 3.05) is 26.7 Å². The van der Waals surface area contributed by atoms with Gasteiger partial charge in [0.05, 0.1) is 0 Å². The lowest BCUT2D eigenvalue weighted by Crippen LogP contribution is -2.34. The molecular formula is C11H25NO. The van der Waals surface area contributed by atoms with Gasteiger partial charge in [-0.15, -0.1) is 0 Å². The van der Waals surface area contributed by atoms with Gasteiger partial charge in [0.1, 0.15) is 0 Å². The predicted octanol–water partition coefficient (Wildman–Crippen LogP) is 1.98. The van der Waals surface area contributed by atoms with Crippen molar-refractivity contribution in [3.8, 4) is 0 Å². The van der Waals surface area contributed by atoms with E-state index in [-0.39, 0.29) is 0 Å². The molecule has 1 atom stereocenters. The summed E-state index contributed by atoms with van der Waals surface area (Å²) >= 11 is 0. The molecule has 0 radical (unpaired) electrons. The number of aliphatic hydroxyl groups is 1. The smallest absolute Gasteiger partial charge is 0.0471 e. The Morgan fingerprint density at radius 2 is 1.85 bits per heavy atom. The summed E-state index contributed by atoms with van der Waals surface area (Å²) in [5.74, 6) is 0.437. The highest BCUT2D eigenvalue weighted by molar-refractivity contribution is 4.69. The van der Waals surface area contributed by atoms with Gasteiger partial charge in [0.25, 0.3) is 0 Å². The topological polar surface area (TPSA) is 23.5 Å². The summed E-state index contributed by atoms with van der Waals surface area (Å²) < 4.78 is 0. The van der Waals surface area contributed by atoms with Crippen LogP contribution in [0.5, 0.6) is 0 Å². The zero-order chi connectivity index (χ0) is 10.5. The molecule has 0 saturated heterocycles. The molecule has 80 valence electrons. The second kappa shape index (κ2) is 5.61. The van der Waals surface area contributed by atoms with Crippen molar-refractivity contribution in [2.24, 2.45) is 11.3 Å². The molecule has 0 saturated carbocycles.